The average molecular weight is 401 g/mol. The van der Waals surface area contributed by atoms with Gasteiger partial charge in [-0.3, -0.25) is 4.90 Å². The molecular formula is C18H19ClF2N2O2S. The number of nitrogens with zero attached hydrogens (tertiary/aromatic N) is 2. The maximum absolute atomic E-state index is 13.9. The van der Waals surface area contributed by atoms with E-state index < -0.39 is 26.6 Å². The Balaban J connectivity index is 1.73. The molecule has 0 spiro atoms. The van der Waals surface area contributed by atoms with Gasteiger partial charge in [-0.1, -0.05) is 29.8 Å². The highest BCUT2D eigenvalue weighted by molar-refractivity contribution is 7.89. The monoisotopic (exact) mass is 400 g/mol. The predicted molar refractivity (Wildman–Crippen MR) is 96.6 cm³/mol. The van der Waals surface area contributed by atoms with Crippen molar-refractivity contribution in [1.82, 2.24) is 9.21 Å². The molecule has 3 rings (SSSR count). The Hall–Kier alpha value is -1.54. The first-order valence-corrected chi connectivity index (χ1v) is 10.1. The molecule has 0 aliphatic carbocycles. The van der Waals surface area contributed by atoms with Gasteiger partial charge in [-0.15, -0.1) is 0 Å². The molecule has 8 heteroatoms. The molecule has 4 nitrogen and oxygen atoms in total. The lowest BCUT2D eigenvalue weighted by Gasteiger charge is -2.37. The van der Waals surface area contributed by atoms with Crippen molar-refractivity contribution in [1.29, 1.82) is 0 Å². The summed E-state index contributed by atoms with van der Waals surface area (Å²) in [7, 11) is -3.99. The van der Waals surface area contributed by atoms with Crippen LogP contribution in [0.25, 0.3) is 0 Å². The second-order valence-electron chi connectivity index (χ2n) is 6.21. The van der Waals surface area contributed by atoms with E-state index in [9.17, 15) is 17.2 Å². The Labute approximate surface area is 157 Å². The molecule has 0 saturated carbocycles. The fourth-order valence-electron chi connectivity index (χ4n) is 3.17. The summed E-state index contributed by atoms with van der Waals surface area (Å²) in [5.74, 6) is -1.88. The van der Waals surface area contributed by atoms with Crippen LogP contribution in [-0.4, -0.2) is 43.8 Å². The highest BCUT2D eigenvalue weighted by Gasteiger charge is 2.32. The van der Waals surface area contributed by atoms with Crippen molar-refractivity contribution in [2.75, 3.05) is 26.2 Å². The summed E-state index contributed by atoms with van der Waals surface area (Å²) in [5.41, 5.74) is 0.982. The standard InChI is InChI=1S/C18H19ClF2N2O2S/c1-13(15-4-2-3-5-16(15)19)22-8-10-23(11-9-22)26(24,25)18-7-6-14(20)12-17(18)21/h2-7,12-13H,8-11H2,1H3/t13-/m0/s1. The van der Waals surface area contributed by atoms with Gasteiger partial charge in [0.25, 0.3) is 0 Å². The van der Waals surface area contributed by atoms with E-state index in [0.717, 1.165) is 17.7 Å². The molecule has 0 unspecified atom stereocenters. The molecule has 1 aliphatic rings. The highest BCUT2D eigenvalue weighted by Crippen LogP contribution is 2.29. The quantitative estimate of drug-likeness (QED) is 0.786. The van der Waals surface area contributed by atoms with Crippen LogP contribution >= 0.6 is 11.6 Å². The normalized spacial score (nSPS) is 18.0. The zero-order chi connectivity index (χ0) is 18.9. The predicted octanol–water partition coefficient (Wildman–Crippen LogP) is 3.69. The summed E-state index contributed by atoms with van der Waals surface area (Å²) in [6.07, 6.45) is 0. The molecule has 0 aromatic heterocycles. The zero-order valence-corrected chi connectivity index (χ0v) is 15.8. The van der Waals surface area contributed by atoms with Gasteiger partial charge in [-0.05, 0) is 30.7 Å². The molecule has 2 aromatic carbocycles. The molecule has 1 fully saturated rings. The van der Waals surface area contributed by atoms with E-state index in [1.807, 2.05) is 31.2 Å². The first kappa shape index (κ1) is 19.2. The van der Waals surface area contributed by atoms with E-state index in [0.29, 0.717) is 24.2 Å². The van der Waals surface area contributed by atoms with Crippen LogP contribution in [0.4, 0.5) is 8.78 Å². The first-order chi connectivity index (χ1) is 12.3. The third-order valence-corrected chi connectivity index (χ3v) is 6.96. The molecule has 1 atom stereocenters. The number of hydrogen-bond donors (Lipinski definition) is 0. The van der Waals surface area contributed by atoms with Crippen LogP contribution in [0.15, 0.2) is 47.4 Å². The Kier molecular flexibility index (Phi) is 5.62. The van der Waals surface area contributed by atoms with Crippen LogP contribution in [-0.2, 0) is 10.0 Å². The smallest absolute Gasteiger partial charge is 0.246 e. The van der Waals surface area contributed by atoms with Crippen molar-refractivity contribution in [3.05, 3.63) is 64.7 Å². The van der Waals surface area contributed by atoms with Crippen LogP contribution in [0.1, 0.15) is 18.5 Å². The summed E-state index contributed by atoms with van der Waals surface area (Å²) in [6, 6.07) is 10.1. The average Bonchev–Trinajstić information content (AvgIpc) is 2.61. The Bertz CT molecular complexity index is 900. The Morgan fingerprint density at radius 2 is 1.69 bits per heavy atom. The summed E-state index contributed by atoms with van der Waals surface area (Å²) in [4.78, 5) is 1.64. The lowest BCUT2D eigenvalue weighted by atomic mass is 10.1. The van der Waals surface area contributed by atoms with Crippen LogP contribution in [0.5, 0.6) is 0 Å². The van der Waals surface area contributed by atoms with Gasteiger partial charge in [-0.25, -0.2) is 17.2 Å². The van der Waals surface area contributed by atoms with Crippen LogP contribution < -0.4 is 0 Å². The van der Waals surface area contributed by atoms with E-state index in [1.54, 1.807) is 0 Å². The lowest BCUT2D eigenvalue weighted by Crippen LogP contribution is -2.49. The molecule has 140 valence electrons. The van der Waals surface area contributed by atoms with Crippen LogP contribution in [0.2, 0.25) is 5.02 Å². The Morgan fingerprint density at radius 3 is 2.31 bits per heavy atom. The van der Waals surface area contributed by atoms with Crippen molar-refractivity contribution >= 4 is 21.6 Å². The van der Waals surface area contributed by atoms with Gasteiger partial charge in [0.1, 0.15) is 16.5 Å². The molecule has 1 aliphatic heterocycles. The van der Waals surface area contributed by atoms with Crippen molar-refractivity contribution in [2.45, 2.75) is 17.9 Å². The molecular weight excluding hydrogens is 382 g/mol. The van der Waals surface area contributed by atoms with E-state index in [-0.39, 0.29) is 19.1 Å². The molecule has 0 N–H and O–H groups in total. The third-order valence-electron chi connectivity index (χ3n) is 4.69. The molecule has 0 radical (unpaired) electrons. The molecule has 1 saturated heterocycles. The molecule has 26 heavy (non-hydrogen) atoms. The zero-order valence-electron chi connectivity index (χ0n) is 14.2. The Morgan fingerprint density at radius 1 is 1.04 bits per heavy atom. The van der Waals surface area contributed by atoms with Gasteiger partial charge in [0.2, 0.25) is 10.0 Å². The summed E-state index contributed by atoms with van der Waals surface area (Å²) in [6.45, 7) is 3.47. The summed E-state index contributed by atoms with van der Waals surface area (Å²) >= 11 is 6.24. The molecule has 0 amide bonds. The number of sulfonamides is 1. The fourth-order valence-corrected chi connectivity index (χ4v) is 4.93. The molecule has 2 aromatic rings. The number of rotatable bonds is 4. The van der Waals surface area contributed by atoms with Crippen molar-refractivity contribution in [3.63, 3.8) is 0 Å². The van der Waals surface area contributed by atoms with E-state index in [1.165, 1.54) is 4.31 Å². The van der Waals surface area contributed by atoms with Gasteiger partial charge in [0.05, 0.1) is 0 Å². The maximum Gasteiger partial charge on any atom is 0.246 e. The third kappa shape index (κ3) is 3.76. The maximum atomic E-state index is 13.9. The first-order valence-electron chi connectivity index (χ1n) is 8.24. The van der Waals surface area contributed by atoms with Crippen LogP contribution in [0.3, 0.4) is 0 Å². The second-order valence-corrected chi connectivity index (χ2v) is 8.53. The van der Waals surface area contributed by atoms with Gasteiger partial charge in [-0.2, -0.15) is 4.31 Å². The lowest BCUT2D eigenvalue weighted by molar-refractivity contribution is 0.145. The molecule has 0 bridgehead atoms. The minimum atomic E-state index is -3.99. The van der Waals surface area contributed by atoms with Gasteiger partial charge in [0.15, 0.2) is 0 Å². The number of halogens is 3. The topological polar surface area (TPSA) is 40.6 Å². The molecule has 1 heterocycles. The number of piperazine rings is 1. The van der Waals surface area contributed by atoms with Crippen molar-refractivity contribution < 1.29 is 17.2 Å². The van der Waals surface area contributed by atoms with Gasteiger partial charge < -0.3 is 0 Å². The summed E-state index contributed by atoms with van der Waals surface area (Å²) < 4.78 is 53.5. The van der Waals surface area contributed by atoms with Crippen LogP contribution in [0, 0.1) is 11.6 Å². The van der Waals surface area contributed by atoms with Gasteiger partial charge in [0, 0.05) is 43.3 Å². The van der Waals surface area contributed by atoms with Gasteiger partial charge >= 0.3 is 0 Å². The number of benzene rings is 2. The largest absolute Gasteiger partial charge is 0.294 e. The summed E-state index contributed by atoms with van der Waals surface area (Å²) in [5, 5.41) is 0.670. The highest BCUT2D eigenvalue weighted by atomic mass is 35.5. The minimum absolute atomic E-state index is 0.0381. The van der Waals surface area contributed by atoms with E-state index in [2.05, 4.69) is 4.90 Å². The number of hydrogen-bond acceptors (Lipinski definition) is 3. The minimum Gasteiger partial charge on any atom is -0.294 e. The van der Waals surface area contributed by atoms with E-state index >= 15 is 0 Å². The fraction of sp³-hybridized carbons (Fsp3) is 0.333. The SMILES string of the molecule is C[C@@H](c1ccccc1Cl)N1CCN(S(=O)(=O)c2ccc(F)cc2F)CC1. The van der Waals surface area contributed by atoms with Crippen molar-refractivity contribution in [3.8, 4) is 0 Å². The van der Waals surface area contributed by atoms with Crippen molar-refractivity contribution in [2.24, 2.45) is 0 Å². The second kappa shape index (κ2) is 7.60. The van der Waals surface area contributed by atoms with E-state index in [4.69, 9.17) is 11.6 Å².